The van der Waals surface area contributed by atoms with Crippen LogP contribution >= 0.6 is 0 Å². The van der Waals surface area contributed by atoms with Gasteiger partial charge < -0.3 is 14.3 Å². The molecule has 0 bridgehead atoms. The molecule has 1 aliphatic rings. The Labute approximate surface area is 160 Å². The van der Waals surface area contributed by atoms with E-state index < -0.39 is 10.9 Å². The van der Waals surface area contributed by atoms with E-state index in [0.717, 1.165) is 24.0 Å². The van der Waals surface area contributed by atoms with Crippen LogP contribution in [0.3, 0.4) is 0 Å². The third-order valence-electron chi connectivity index (χ3n) is 4.82. The van der Waals surface area contributed by atoms with Crippen LogP contribution in [0.25, 0.3) is 11.3 Å². The zero-order chi connectivity index (χ0) is 19.7. The Morgan fingerprint density at radius 3 is 2.64 bits per heavy atom. The molecule has 0 saturated heterocycles. The minimum absolute atomic E-state index is 0.0609. The molecule has 0 radical (unpaired) electrons. The van der Waals surface area contributed by atoms with Gasteiger partial charge in [-0.15, -0.1) is 0 Å². The quantitative estimate of drug-likeness (QED) is 0.495. The zero-order valence-electron chi connectivity index (χ0n) is 14.9. The molecule has 3 aromatic rings. The van der Waals surface area contributed by atoms with Crippen molar-refractivity contribution in [2.24, 2.45) is 0 Å². The number of hydrogen-bond donors (Lipinski definition) is 1. The predicted molar refractivity (Wildman–Crippen MR) is 101 cm³/mol. The highest BCUT2D eigenvalue weighted by Crippen LogP contribution is 2.45. The van der Waals surface area contributed by atoms with Crippen molar-refractivity contribution in [3.63, 3.8) is 0 Å². The first-order valence-electron chi connectivity index (χ1n) is 8.88. The lowest BCUT2D eigenvalue weighted by atomic mass is 10.0. The van der Waals surface area contributed by atoms with Crippen molar-refractivity contribution in [3.8, 4) is 17.1 Å². The highest BCUT2D eigenvalue weighted by Gasteiger charge is 2.32. The van der Waals surface area contributed by atoms with Gasteiger partial charge in [0.1, 0.15) is 12.4 Å². The zero-order valence-corrected chi connectivity index (χ0v) is 14.9. The van der Waals surface area contributed by atoms with Gasteiger partial charge in [-0.1, -0.05) is 30.3 Å². The summed E-state index contributed by atoms with van der Waals surface area (Å²) in [5.41, 5.74) is 2.77. The van der Waals surface area contributed by atoms with E-state index in [9.17, 15) is 14.9 Å². The molecule has 0 spiro atoms. The van der Waals surface area contributed by atoms with Crippen LogP contribution < -0.4 is 4.74 Å². The number of aromatic carboxylic acids is 1. The van der Waals surface area contributed by atoms with Crippen molar-refractivity contribution in [1.29, 1.82) is 0 Å². The SMILES string of the molecule is O=C(O)c1ccc(-c2cc3c(c([N+](=O)[O-])c2OCc2ccccc2)CCC3)o1. The van der Waals surface area contributed by atoms with Crippen LogP contribution in [0, 0.1) is 10.1 Å². The van der Waals surface area contributed by atoms with Gasteiger partial charge in [-0.25, -0.2) is 4.79 Å². The molecule has 4 rings (SSSR count). The van der Waals surface area contributed by atoms with E-state index in [2.05, 4.69) is 0 Å². The number of furan rings is 1. The van der Waals surface area contributed by atoms with Crippen LogP contribution in [0.5, 0.6) is 5.75 Å². The van der Waals surface area contributed by atoms with E-state index >= 15 is 0 Å². The smallest absolute Gasteiger partial charge is 0.371 e. The third-order valence-corrected chi connectivity index (χ3v) is 4.82. The third kappa shape index (κ3) is 3.22. The summed E-state index contributed by atoms with van der Waals surface area (Å²) in [7, 11) is 0. The molecule has 0 amide bonds. The fraction of sp³-hybridized carbons (Fsp3) is 0.190. The van der Waals surface area contributed by atoms with Crippen LogP contribution in [0.4, 0.5) is 5.69 Å². The molecule has 142 valence electrons. The van der Waals surface area contributed by atoms with E-state index in [0.29, 0.717) is 17.5 Å². The molecule has 1 aliphatic carbocycles. The number of benzene rings is 2. The number of nitro benzene ring substituents is 1. The maximum atomic E-state index is 11.9. The van der Waals surface area contributed by atoms with Crippen molar-refractivity contribution in [2.75, 3.05) is 0 Å². The Morgan fingerprint density at radius 2 is 1.96 bits per heavy atom. The molecule has 7 heteroatoms. The van der Waals surface area contributed by atoms with Crippen molar-refractivity contribution in [1.82, 2.24) is 0 Å². The Bertz CT molecular complexity index is 1050. The fourth-order valence-corrected chi connectivity index (χ4v) is 3.55. The van der Waals surface area contributed by atoms with Gasteiger partial charge >= 0.3 is 11.7 Å². The number of carboxylic acids is 1. The van der Waals surface area contributed by atoms with Gasteiger partial charge in [0.05, 0.1) is 10.5 Å². The Balaban J connectivity index is 1.84. The fourth-order valence-electron chi connectivity index (χ4n) is 3.55. The molecule has 0 unspecified atom stereocenters. The van der Waals surface area contributed by atoms with Gasteiger partial charge in [0.15, 0.2) is 0 Å². The second-order valence-electron chi connectivity index (χ2n) is 6.59. The lowest BCUT2D eigenvalue weighted by Crippen LogP contribution is -2.04. The lowest BCUT2D eigenvalue weighted by molar-refractivity contribution is -0.386. The van der Waals surface area contributed by atoms with Crippen molar-refractivity contribution in [3.05, 3.63) is 81.1 Å². The molecule has 28 heavy (non-hydrogen) atoms. The summed E-state index contributed by atoms with van der Waals surface area (Å²) in [6.45, 7) is 0.153. The van der Waals surface area contributed by atoms with Gasteiger partial charge in [0.25, 0.3) is 0 Å². The predicted octanol–water partition coefficient (Wildman–Crippen LogP) is 4.62. The van der Waals surface area contributed by atoms with Crippen LogP contribution in [0.15, 0.2) is 52.9 Å². The normalized spacial score (nSPS) is 12.6. The summed E-state index contributed by atoms with van der Waals surface area (Å²) in [6, 6.07) is 14.0. The van der Waals surface area contributed by atoms with Crippen molar-refractivity contribution >= 4 is 11.7 Å². The van der Waals surface area contributed by atoms with Gasteiger partial charge in [0.2, 0.25) is 11.5 Å². The van der Waals surface area contributed by atoms with Crippen LogP contribution in [0.1, 0.15) is 33.7 Å². The largest absolute Gasteiger partial charge is 0.481 e. The van der Waals surface area contributed by atoms with Gasteiger partial charge in [0, 0.05) is 5.56 Å². The highest BCUT2D eigenvalue weighted by molar-refractivity contribution is 5.86. The van der Waals surface area contributed by atoms with E-state index in [1.807, 2.05) is 36.4 Å². The number of ether oxygens (including phenoxy) is 1. The minimum Gasteiger partial charge on any atom is -0.481 e. The average Bonchev–Trinajstić information content (AvgIpc) is 3.35. The van der Waals surface area contributed by atoms with E-state index in [1.165, 1.54) is 12.1 Å². The first-order chi connectivity index (χ1) is 13.5. The maximum Gasteiger partial charge on any atom is 0.371 e. The summed E-state index contributed by atoms with van der Waals surface area (Å²) >= 11 is 0. The van der Waals surface area contributed by atoms with Crippen molar-refractivity contribution in [2.45, 2.75) is 25.9 Å². The van der Waals surface area contributed by atoms with Gasteiger partial charge in [-0.05, 0) is 48.6 Å². The first kappa shape index (κ1) is 17.8. The number of carbonyl (C=O) groups is 1. The number of rotatable bonds is 6. The Morgan fingerprint density at radius 1 is 1.18 bits per heavy atom. The second-order valence-corrected chi connectivity index (χ2v) is 6.59. The van der Waals surface area contributed by atoms with E-state index in [-0.39, 0.29) is 29.6 Å². The lowest BCUT2D eigenvalue weighted by Gasteiger charge is -2.14. The van der Waals surface area contributed by atoms with Crippen LogP contribution in [0.2, 0.25) is 0 Å². The van der Waals surface area contributed by atoms with E-state index in [1.54, 1.807) is 0 Å². The molecule has 1 N–H and O–H groups in total. The number of hydrogen-bond acceptors (Lipinski definition) is 5. The highest BCUT2D eigenvalue weighted by atomic mass is 16.6. The van der Waals surface area contributed by atoms with Gasteiger partial charge in [-0.2, -0.15) is 0 Å². The minimum atomic E-state index is -1.20. The standard InChI is InChI=1S/C21H17NO6/c23-21(24)18-10-9-17(28-18)16-11-14-7-4-8-15(14)19(22(25)26)20(16)27-12-13-5-2-1-3-6-13/h1-3,5-6,9-11H,4,7-8,12H2,(H,23,24). The molecular formula is C21H17NO6. The molecule has 2 aromatic carbocycles. The molecule has 1 heterocycles. The monoisotopic (exact) mass is 379 g/mol. The Kier molecular flexibility index (Phi) is 4.57. The molecule has 0 aliphatic heterocycles. The summed E-state index contributed by atoms with van der Waals surface area (Å²) in [5, 5.41) is 21.0. The topological polar surface area (TPSA) is 103 Å². The number of fused-ring (bicyclic) bond motifs is 1. The molecule has 1 aromatic heterocycles. The molecule has 0 atom stereocenters. The van der Waals surface area contributed by atoms with E-state index in [4.69, 9.17) is 14.3 Å². The molecule has 0 saturated carbocycles. The maximum absolute atomic E-state index is 11.9. The second kappa shape index (κ2) is 7.19. The molecule has 0 fully saturated rings. The van der Waals surface area contributed by atoms with Crippen LogP contribution in [-0.4, -0.2) is 16.0 Å². The molecule has 7 nitrogen and oxygen atoms in total. The number of carboxylic acid groups (broad SMARTS) is 1. The number of nitrogens with zero attached hydrogens (tertiary/aromatic N) is 1. The number of nitro groups is 1. The van der Waals surface area contributed by atoms with Crippen molar-refractivity contribution < 1.29 is 24.0 Å². The van der Waals surface area contributed by atoms with Crippen LogP contribution in [-0.2, 0) is 19.4 Å². The summed E-state index contributed by atoms with van der Waals surface area (Å²) in [5.74, 6) is -1.08. The first-order valence-corrected chi connectivity index (χ1v) is 8.88. The average molecular weight is 379 g/mol. The summed E-state index contributed by atoms with van der Waals surface area (Å²) < 4.78 is 11.3. The molecular weight excluding hydrogens is 362 g/mol. The van der Waals surface area contributed by atoms with Gasteiger partial charge in [-0.3, -0.25) is 10.1 Å². The summed E-state index contributed by atoms with van der Waals surface area (Å²) in [6.07, 6.45) is 2.18. The summed E-state index contributed by atoms with van der Waals surface area (Å²) in [4.78, 5) is 22.6. The Hall–Kier alpha value is -3.61. The number of aryl methyl sites for hydroxylation is 1.